The number of benzene rings is 2. The second-order valence-corrected chi connectivity index (χ2v) is 7.80. The lowest BCUT2D eigenvalue weighted by Gasteiger charge is -2.31. The van der Waals surface area contributed by atoms with Crippen molar-refractivity contribution < 1.29 is 9.59 Å². The van der Waals surface area contributed by atoms with Crippen LogP contribution in [0.5, 0.6) is 0 Å². The summed E-state index contributed by atoms with van der Waals surface area (Å²) in [7, 11) is 0. The lowest BCUT2D eigenvalue weighted by Crippen LogP contribution is -2.40. The van der Waals surface area contributed by atoms with Crippen LogP contribution in [0.25, 0.3) is 0 Å². The summed E-state index contributed by atoms with van der Waals surface area (Å²) >= 11 is 0. The van der Waals surface area contributed by atoms with Gasteiger partial charge in [0.15, 0.2) is 5.78 Å². The highest BCUT2D eigenvalue weighted by Crippen LogP contribution is 2.24. The second-order valence-electron chi connectivity index (χ2n) is 7.80. The summed E-state index contributed by atoms with van der Waals surface area (Å²) in [4.78, 5) is 27.8. The number of aromatic nitrogens is 2. The van der Waals surface area contributed by atoms with Crippen molar-refractivity contribution in [2.75, 3.05) is 13.1 Å². The monoisotopic (exact) mass is 401 g/mol. The molecule has 0 atom stereocenters. The molecule has 154 valence electrons. The summed E-state index contributed by atoms with van der Waals surface area (Å²) in [6.45, 7) is 3.93. The van der Waals surface area contributed by atoms with Crippen molar-refractivity contribution in [2.24, 2.45) is 5.92 Å². The molecule has 2 heterocycles. The molecule has 1 fully saturated rings. The van der Waals surface area contributed by atoms with Gasteiger partial charge in [0.1, 0.15) is 0 Å². The van der Waals surface area contributed by atoms with Crippen molar-refractivity contribution in [3.8, 4) is 0 Å². The molecule has 0 saturated carbocycles. The van der Waals surface area contributed by atoms with E-state index >= 15 is 0 Å². The van der Waals surface area contributed by atoms with Crippen LogP contribution in [-0.2, 0) is 13.0 Å². The van der Waals surface area contributed by atoms with E-state index in [9.17, 15) is 9.59 Å². The zero-order valence-electron chi connectivity index (χ0n) is 17.3. The number of amides is 1. The first-order valence-electron chi connectivity index (χ1n) is 10.6. The molecule has 0 radical (unpaired) electrons. The van der Waals surface area contributed by atoms with E-state index in [1.807, 2.05) is 58.1 Å². The number of likely N-dealkylation sites (tertiary alicyclic amines) is 1. The topological polar surface area (TPSA) is 55.2 Å². The molecule has 0 aliphatic carbocycles. The molecule has 4 rings (SSSR count). The van der Waals surface area contributed by atoms with Crippen molar-refractivity contribution in [1.82, 2.24) is 14.7 Å². The minimum absolute atomic E-state index is 0.0112. The van der Waals surface area contributed by atoms with Gasteiger partial charge in [0.2, 0.25) is 0 Å². The molecule has 1 aliphatic rings. The highest BCUT2D eigenvalue weighted by atomic mass is 16.2. The van der Waals surface area contributed by atoms with E-state index in [1.54, 1.807) is 6.20 Å². The summed E-state index contributed by atoms with van der Waals surface area (Å²) in [5.41, 5.74) is 3.57. The Morgan fingerprint density at radius 2 is 1.60 bits per heavy atom. The summed E-state index contributed by atoms with van der Waals surface area (Å²) < 4.78 is 1.92. The van der Waals surface area contributed by atoms with Gasteiger partial charge in [-0.1, -0.05) is 67.6 Å². The van der Waals surface area contributed by atoms with Gasteiger partial charge in [-0.2, -0.15) is 5.10 Å². The maximum Gasteiger partial charge on any atom is 0.257 e. The van der Waals surface area contributed by atoms with E-state index in [-0.39, 0.29) is 17.6 Å². The number of nitrogens with zero attached hydrogens (tertiary/aromatic N) is 3. The molecule has 5 heteroatoms. The SMILES string of the molecule is CCc1c(C(=O)N2CCC(C(=O)c3ccccc3)CC2)cnn1Cc1ccccc1. The molecule has 5 nitrogen and oxygen atoms in total. The fraction of sp³-hybridized carbons (Fsp3) is 0.320. The number of piperidine rings is 1. The fourth-order valence-corrected chi connectivity index (χ4v) is 4.21. The average molecular weight is 402 g/mol. The van der Waals surface area contributed by atoms with Gasteiger partial charge in [-0.3, -0.25) is 14.3 Å². The molecule has 1 aromatic heterocycles. The molecule has 2 aromatic carbocycles. The van der Waals surface area contributed by atoms with Gasteiger partial charge in [-0.15, -0.1) is 0 Å². The molecule has 0 spiro atoms. The van der Waals surface area contributed by atoms with Crippen molar-refractivity contribution in [2.45, 2.75) is 32.7 Å². The molecule has 0 unspecified atom stereocenters. The van der Waals surface area contributed by atoms with Crippen LogP contribution in [0.1, 0.15) is 51.7 Å². The highest BCUT2D eigenvalue weighted by molar-refractivity contribution is 5.98. The predicted octanol–water partition coefficient (Wildman–Crippen LogP) is 4.23. The Morgan fingerprint density at radius 3 is 2.23 bits per heavy atom. The third-order valence-electron chi connectivity index (χ3n) is 5.90. The lowest BCUT2D eigenvalue weighted by atomic mass is 9.88. The Hall–Kier alpha value is -3.21. The summed E-state index contributed by atoms with van der Waals surface area (Å²) in [5, 5.41) is 4.50. The maximum absolute atomic E-state index is 13.2. The number of Topliss-reactive ketones (excluding diaryl/α,β-unsaturated/α-hetero) is 1. The predicted molar refractivity (Wildman–Crippen MR) is 117 cm³/mol. The number of hydrogen-bond donors (Lipinski definition) is 0. The molecule has 0 N–H and O–H groups in total. The smallest absolute Gasteiger partial charge is 0.257 e. The normalized spacial score (nSPS) is 14.6. The number of rotatable bonds is 6. The van der Waals surface area contributed by atoms with Crippen LogP contribution in [0.4, 0.5) is 0 Å². The summed E-state index contributed by atoms with van der Waals surface area (Å²) in [5.74, 6) is 0.201. The van der Waals surface area contributed by atoms with Crippen molar-refractivity contribution in [1.29, 1.82) is 0 Å². The maximum atomic E-state index is 13.2. The van der Waals surface area contributed by atoms with E-state index in [4.69, 9.17) is 0 Å². The van der Waals surface area contributed by atoms with Crippen molar-refractivity contribution in [3.05, 3.63) is 89.2 Å². The van der Waals surface area contributed by atoms with Gasteiger partial charge in [-0.25, -0.2) is 0 Å². The second kappa shape index (κ2) is 9.08. The molecular formula is C25H27N3O2. The number of ketones is 1. The standard InChI is InChI=1S/C25H27N3O2/c1-2-23-22(17-26-28(23)18-19-9-5-3-6-10-19)25(30)27-15-13-21(14-16-27)24(29)20-11-7-4-8-12-20/h3-12,17,21H,2,13-16,18H2,1H3. The van der Waals surface area contributed by atoms with Gasteiger partial charge < -0.3 is 4.90 Å². The first kappa shape index (κ1) is 20.1. The largest absolute Gasteiger partial charge is 0.338 e. The van der Waals surface area contributed by atoms with E-state index < -0.39 is 0 Å². The van der Waals surface area contributed by atoms with Crippen molar-refractivity contribution in [3.63, 3.8) is 0 Å². The van der Waals surface area contributed by atoms with Gasteiger partial charge >= 0.3 is 0 Å². The van der Waals surface area contributed by atoms with Crippen LogP contribution >= 0.6 is 0 Å². The van der Waals surface area contributed by atoms with Gasteiger partial charge in [0.05, 0.1) is 24.0 Å². The Balaban J connectivity index is 1.42. The molecular weight excluding hydrogens is 374 g/mol. The molecule has 1 aliphatic heterocycles. The summed E-state index contributed by atoms with van der Waals surface area (Å²) in [6.07, 6.45) is 3.86. The van der Waals surface area contributed by atoms with E-state index in [1.165, 1.54) is 0 Å². The first-order chi connectivity index (χ1) is 14.7. The zero-order valence-corrected chi connectivity index (χ0v) is 17.3. The first-order valence-corrected chi connectivity index (χ1v) is 10.6. The average Bonchev–Trinajstić information content (AvgIpc) is 3.22. The van der Waals surface area contributed by atoms with Crippen LogP contribution in [0.2, 0.25) is 0 Å². The van der Waals surface area contributed by atoms with E-state index in [2.05, 4.69) is 24.2 Å². The van der Waals surface area contributed by atoms with Gasteiger partial charge in [0, 0.05) is 24.6 Å². The molecule has 3 aromatic rings. The number of hydrogen-bond acceptors (Lipinski definition) is 3. The Bertz CT molecular complexity index is 1000. The van der Waals surface area contributed by atoms with Gasteiger partial charge in [0.25, 0.3) is 5.91 Å². The molecule has 0 bridgehead atoms. The number of carbonyl (C=O) groups is 2. The Morgan fingerprint density at radius 1 is 0.967 bits per heavy atom. The molecule has 30 heavy (non-hydrogen) atoms. The molecule has 1 amide bonds. The minimum Gasteiger partial charge on any atom is -0.338 e. The third-order valence-corrected chi connectivity index (χ3v) is 5.90. The third kappa shape index (κ3) is 4.20. The Labute approximate surface area is 177 Å². The lowest BCUT2D eigenvalue weighted by molar-refractivity contribution is 0.0649. The van der Waals surface area contributed by atoms with E-state index in [0.29, 0.717) is 38.0 Å². The highest BCUT2D eigenvalue weighted by Gasteiger charge is 2.30. The summed E-state index contributed by atoms with van der Waals surface area (Å²) in [6, 6.07) is 19.6. The number of carbonyl (C=O) groups excluding carboxylic acids is 2. The van der Waals surface area contributed by atoms with Crippen molar-refractivity contribution >= 4 is 11.7 Å². The minimum atomic E-state index is -0.0112. The quantitative estimate of drug-likeness (QED) is 0.581. The van der Waals surface area contributed by atoms with Crippen LogP contribution in [0.15, 0.2) is 66.9 Å². The fourth-order valence-electron chi connectivity index (χ4n) is 4.21. The molecule has 1 saturated heterocycles. The van der Waals surface area contributed by atoms with Crippen LogP contribution < -0.4 is 0 Å². The Kier molecular flexibility index (Phi) is 6.07. The zero-order chi connectivity index (χ0) is 20.9. The van der Waals surface area contributed by atoms with Crippen LogP contribution in [-0.4, -0.2) is 39.5 Å². The van der Waals surface area contributed by atoms with Crippen LogP contribution in [0, 0.1) is 5.92 Å². The van der Waals surface area contributed by atoms with Gasteiger partial charge in [-0.05, 0) is 24.8 Å². The van der Waals surface area contributed by atoms with Crippen LogP contribution in [0.3, 0.4) is 0 Å². The van der Waals surface area contributed by atoms with E-state index in [0.717, 1.165) is 23.2 Å².